The van der Waals surface area contributed by atoms with E-state index < -0.39 is 30.1 Å². The molecule has 0 bridgehead atoms. The smallest absolute Gasteiger partial charge is 0.304 e. The van der Waals surface area contributed by atoms with E-state index in [9.17, 15) is 14.4 Å². The third kappa shape index (κ3) is 7.29. The fraction of sp³-hybridized carbons (Fsp3) is 0.833. The van der Waals surface area contributed by atoms with Crippen molar-refractivity contribution in [1.82, 2.24) is 4.90 Å². The Kier molecular flexibility index (Phi) is 9.01. The van der Waals surface area contributed by atoms with Gasteiger partial charge in [0.25, 0.3) is 0 Å². The van der Waals surface area contributed by atoms with Crippen molar-refractivity contribution >= 4 is 17.9 Å². The molecule has 1 aliphatic rings. The maximum Gasteiger partial charge on any atom is 0.304 e. The van der Waals surface area contributed by atoms with Crippen LogP contribution in [0.25, 0.3) is 0 Å². The minimum Gasteiger partial charge on any atom is -0.481 e. The van der Waals surface area contributed by atoms with Gasteiger partial charge in [-0.1, -0.05) is 13.8 Å². The van der Waals surface area contributed by atoms with Gasteiger partial charge >= 0.3 is 17.9 Å². The Hall–Kier alpha value is -1.67. The molecule has 150 valence electrons. The first kappa shape index (κ1) is 22.4. The minimum atomic E-state index is -0.821. The predicted octanol–water partition coefficient (Wildman–Crippen LogP) is 1.32. The quantitative estimate of drug-likeness (QED) is 0.604. The number of esters is 2. The van der Waals surface area contributed by atoms with Gasteiger partial charge in [0.1, 0.15) is 18.8 Å². The van der Waals surface area contributed by atoms with Gasteiger partial charge in [0.2, 0.25) is 0 Å². The normalized spacial score (nSPS) is 28.6. The van der Waals surface area contributed by atoms with E-state index in [0.717, 1.165) is 0 Å². The van der Waals surface area contributed by atoms with Crippen LogP contribution in [0.4, 0.5) is 0 Å². The molecule has 1 fully saturated rings. The number of hydrogen-bond donors (Lipinski definition) is 1. The summed E-state index contributed by atoms with van der Waals surface area (Å²) in [4.78, 5) is 35.2. The Morgan fingerprint density at radius 3 is 2.23 bits per heavy atom. The third-order valence-electron chi connectivity index (χ3n) is 4.91. The zero-order valence-electron chi connectivity index (χ0n) is 16.3. The number of rotatable bonds is 9. The molecule has 0 aromatic heterocycles. The molecule has 0 aromatic carbocycles. The number of ether oxygens (including phenoxy) is 3. The van der Waals surface area contributed by atoms with Crippen LogP contribution in [0.2, 0.25) is 0 Å². The van der Waals surface area contributed by atoms with Gasteiger partial charge in [-0.25, -0.2) is 0 Å². The lowest BCUT2D eigenvalue weighted by Gasteiger charge is -2.44. The lowest BCUT2D eigenvalue weighted by molar-refractivity contribution is -0.206. The monoisotopic (exact) mass is 373 g/mol. The summed E-state index contributed by atoms with van der Waals surface area (Å²) in [5.41, 5.74) is 0. The first-order valence-electron chi connectivity index (χ1n) is 8.98. The maximum atomic E-state index is 11.4. The molecule has 0 spiro atoms. The summed E-state index contributed by atoms with van der Waals surface area (Å²) in [5.74, 6) is -1.44. The Morgan fingerprint density at radius 2 is 1.69 bits per heavy atom. The maximum absolute atomic E-state index is 11.4. The van der Waals surface area contributed by atoms with Gasteiger partial charge in [-0.05, 0) is 19.4 Å². The molecule has 1 rings (SSSR count). The van der Waals surface area contributed by atoms with Crippen LogP contribution in [0.1, 0.15) is 40.5 Å². The second-order valence-electron chi connectivity index (χ2n) is 7.04. The van der Waals surface area contributed by atoms with Gasteiger partial charge in [-0.3, -0.25) is 14.4 Å². The van der Waals surface area contributed by atoms with Crippen LogP contribution >= 0.6 is 0 Å². The molecule has 8 nitrogen and oxygen atoms in total. The van der Waals surface area contributed by atoms with Crippen LogP contribution in [-0.2, 0) is 28.6 Å². The third-order valence-corrected chi connectivity index (χ3v) is 4.91. The fourth-order valence-corrected chi connectivity index (χ4v) is 3.19. The van der Waals surface area contributed by atoms with Crippen molar-refractivity contribution in [2.24, 2.45) is 11.8 Å². The van der Waals surface area contributed by atoms with Crippen molar-refractivity contribution in [3.63, 3.8) is 0 Å². The number of aliphatic carboxylic acids is 1. The van der Waals surface area contributed by atoms with Crippen molar-refractivity contribution in [2.45, 2.75) is 58.8 Å². The van der Waals surface area contributed by atoms with Crippen LogP contribution in [0.15, 0.2) is 0 Å². The van der Waals surface area contributed by atoms with Crippen LogP contribution < -0.4 is 0 Å². The first-order valence-corrected chi connectivity index (χ1v) is 8.98. The number of carbonyl (C=O) groups is 3. The van der Waals surface area contributed by atoms with E-state index in [1.807, 2.05) is 25.8 Å². The lowest BCUT2D eigenvalue weighted by Crippen LogP contribution is -2.53. The summed E-state index contributed by atoms with van der Waals surface area (Å²) in [6, 6.07) is 0. The standard InChI is InChI=1S/C18H31NO7/c1-11-12(2)18(25-14(4)21)16(10-24-13(3)20)26-15(11)6-8-19(5)9-7-17(22)23/h11-12,15-16,18H,6-10H2,1-5H3,(H,22,23)/t11?,12-,15-,16?,18-/m1/s1. The minimum absolute atomic E-state index is 0.0374. The molecule has 1 saturated heterocycles. The molecule has 0 amide bonds. The summed E-state index contributed by atoms with van der Waals surface area (Å²) < 4.78 is 16.6. The molecular weight excluding hydrogens is 342 g/mol. The van der Waals surface area contributed by atoms with Gasteiger partial charge in [0.15, 0.2) is 0 Å². The molecule has 0 saturated carbocycles. The second-order valence-corrected chi connectivity index (χ2v) is 7.04. The Morgan fingerprint density at radius 1 is 1.04 bits per heavy atom. The summed E-state index contributed by atoms with van der Waals surface area (Å²) in [6.07, 6.45) is -0.265. The van der Waals surface area contributed by atoms with Crippen LogP contribution in [-0.4, -0.2) is 73.0 Å². The highest BCUT2D eigenvalue weighted by molar-refractivity contribution is 5.67. The van der Waals surface area contributed by atoms with E-state index in [2.05, 4.69) is 0 Å². The molecule has 2 unspecified atom stereocenters. The number of nitrogens with zero attached hydrogens (tertiary/aromatic N) is 1. The first-order chi connectivity index (χ1) is 12.1. The van der Waals surface area contributed by atoms with Crippen molar-refractivity contribution in [1.29, 1.82) is 0 Å². The SMILES string of the molecule is CC(=O)OCC1O[C@H](CCN(C)CCC(=O)O)C(C)[C@@H](C)[C@H]1OC(C)=O. The van der Waals surface area contributed by atoms with Crippen molar-refractivity contribution in [3.05, 3.63) is 0 Å². The van der Waals surface area contributed by atoms with E-state index in [4.69, 9.17) is 19.3 Å². The molecule has 0 aromatic rings. The summed E-state index contributed by atoms with van der Waals surface area (Å²) >= 11 is 0. The molecule has 0 aliphatic carbocycles. The Bertz CT molecular complexity index is 496. The fourth-order valence-electron chi connectivity index (χ4n) is 3.19. The van der Waals surface area contributed by atoms with Crippen molar-refractivity contribution < 1.29 is 33.7 Å². The van der Waals surface area contributed by atoms with E-state index in [-0.39, 0.29) is 31.0 Å². The lowest BCUT2D eigenvalue weighted by atomic mass is 9.80. The second kappa shape index (κ2) is 10.5. The average Bonchev–Trinajstić information content (AvgIpc) is 2.54. The zero-order valence-corrected chi connectivity index (χ0v) is 16.3. The van der Waals surface area contributed by atoms with Gasteiger partial charge in [0, 0.05) is 32.9 Å². The average molecular weight is 373 g/mol. The number of carboxylic acid groups (broad SMARTS) is 1. The van der Waals surface area contributed by atoms with Gasteiger partial charge in [0.05, 0.1) is 12.5 Å². The van der Waals surface area contributed by atoms with Gasteiger partial charge in [-0.15, -0.1) is 0 Å². The van der Waals surface area contributed by atoms with Crippen molar-refractivity contribution in [3.8, 4) is 0 Å². The highest BCUT2D eigenvalue weighted by atomic mass is 16.6. The van der Waals surface area contributed by atoms with Crippen molar-refractivity contribution in [2.75, 3.05) is 26.7 Å². The number of carboxylic acids is 1. The zero-order chi connectivity index (χ0) is 19.9. The molecule has 26 heavy (non-hydrogen) atoms. The topological polar surface area (TPSA) is 102 Å². The molecule has 0 radical (unpaired) electrons. The Balaban J connectivity index is 2.70. The van der Waals surface area contributed by atoms with Gasteiger partial charge < -0.3 is 24.2 Å². The highest BCUT2D eigenvalue weighted by Gasteiger charge is 2.43. The van der Waals surface area contributed by atoms with Crippen LogP contribution in [0.5, 0.6) is 0 Å². The van der Waals surface area contributed by atoms with Crippen LogP contribution in [0, 0.1) is 11.8 Å². The van der Waals surface area contributed by atoms with E-state index in [1.165, 1.54) is 13.8 Å². The van der Waals surface area contributed by atoms with Gasteiger partial charge in [-0.2, -0.15) is 0 Å². The molecule has 5 atom stereocenters. The van der Waals surface area contributed by atoms with E-state index in [0.29, 0.717) is 19.5 Å². The largest absolute Gasteiger partial charge is 0.481 e. The van der Waals surface area contributed by atoms with E-state index in [1.54, 1.807) is 0 Å². The molecule has 1 heterocycles. The molecule has 1 aliphatic heterocycles. The highest BCUT2D eigenvalue weighted by Crippen LogP contribution is 2.34. The van der Waals surface area contributed by atoms with Crippen LogP contribution in [0.3, 0.4) is 0 Å². The Labute approximate surface area is 154 Å². The summed E-state index contributed by atoms with van der Waals surface area (Å²) in [6.45, 7) is 7.92. The van der Waals surface area contributed by atoms with E-state index >= 15 is 0 Å². The molecule has 1 N–H and O–H groups in total. The summed E-state index contributed by atoms with van der Waals surface area (Å²) in [7, 11) is 1.87. The molecular formula is C18H31NO7. The summed E-state index contributed by atoms with van der Waals surface area (Å²) in [5, 5.41) is 8.76. The predicted molar refractivity (Wildman–Crippen MR) is 93.5 cm³/mol. The number of carbonyl (C=O) groups excluding carboxylic acids is 2. The molecule has 8 heteroatoms. The number of hydrogen-bond acceptors (Lipinski definition) is 7.